The van der Waals surface area contributed by atoms with Crippen LogP contribution >= 0.6 is 0 Å². The first-order valence-electron chi connectivity index (χ1n) is 8.58. The summed E-state index contributed by atoms with van der Waals surface area (Å²) in [6.45, 7) is 5.91. The number of rotatable bonds is 6. The summed E-state index contributed by atoms with van der Waals surface area (Å²) in [6.07, 6.45) is 2.89. The van der Waals surface area contributed by atoms with Gasteiger partial charge in [0.2, 0.25) is 5.88 Å². The highest BCUT2D eigenvalue weighted by Crippen LogP contribution is 2.14. The van der Waals surface area contributed by atoms with Crippen LogP contribution in [0.2, 0.25) is 0 Å². The average Bonchev–Trinajstić information content (AvgIpc) is 2.62. The summed E-state index contributed by atoms with van der Waals surface area (Å²) in [5.74, 6) is -1.53. The van der Waals surface area contributed by atoms with E-state index in [1.54, 1.807) is 24.6 Å². The van der Waals surface area contributed by atoms with E-state index in [-0.39, 0.29) is 11.5 Å². The number of nitrogens with zero attached hydrogens (tertiary/aromatic N) is 3. The Morgan fingerprint density at radius 2 is 1.96 bits per heavy atom. The molecule has 0 atom stereocenters. The molecule has 1 aromatic carbocycles. The molecule has 7 nitrogen and oxygen atoms in total. The van der Waals surface area contributed by atoms with Crippen LogP contribution in [0, 0.1) is 0 Å². The van der Waals surface area contributed by atoms with Crippen LogP contribution in [0.3, 0.4) is 0 Å². The van der Waals surface area contributed by atoms with Gasteiger partial charge in [-0.3, -0.25) is 4.79 Å². The van der Waals surface area contributed by atoms with Crippen LogP contribution < -0.4 is 10.1 Å². The Balaban J connectivity index is 2.34. The Bertz CT molecular complexity index is 813. The summed E-state index contributed by atoms with van der Waals surface area (Å²) in [6, 6.07) is 11.1. The van der Waals surface area contributed by atoms with Gasteiger partial charge in [0.15, 0.2) is 0 Å². The minimum absolute atomic E-state index is 0.231. The fourth-order valence-corrected chi connectivity index (χ4v) is 2.07. The quantitative estimate of drug-likeness (QED) is 0.450. The van der Waals surface area contributed by atoms with Crippen molar-refractivity contribution in [1.82, 2.24) is 9.78 Å². The van der Waals surface area contributed by atoms with E-state index < -0.39 is 11.9 Å². The van der Waals surface area contributed by atoms with Gasteiger partial charge in [0.1, 0.15) is 0 Å². The van der Waals surface area contributed by atoms with Crippen LogP contribution in [0.25, 0.3) is 5.69 Å². The van der Waals surface area contributed by atoms with E-state index >= 15 is 0 Å². The molecule has 0 unspecified atom stereocenters. The number of benzene rings is 1. The molecule has 1 amide bonds. The molecule has 2 rings (SSSR count). The Labute approximate surface area is 152 Å². The van der Waals surface area contributed by atoms with Gasteiger partial charge in [-0.1, -0.05) is 31.5 Å². The van der Waals surface area contributed by atoms with Crippen LogP contribution in [0.1, 0.15) is 33.6 Å². The van der Waals surface area contributed by atoms with Gasteiger partial charge < -0.3 is 9.47 Å². The maximum absolute atomic E-state index is 11.9. The number of unbranched alkanes of at least 4 members (excludes halogenated alkanes) is 1. The molecule has 2 aromatic rings. The average molecular weight is 357 g/mol. The molecule has 0 saturated carbocycles. The fourth-order valence-electron chi connectivity index (χ4n) is 2.07. The van der Waals surface area contributed by atoms with Crippen LogP contribution in [0.4, 0.5) is 0 Å². The van der Waals surface area contributed by atoms with Crippen molar-refractivity contribution in [2.75, 3.05) is 6.61 Å². The van der Waals surface area contributed by atoms with Crippen molar-refractivity contribution in [3.05, 3.63) is 48.0 Å². The van der Waals surface area contributed by atoms with E-state index in [1.807, 2.05) is 30.3 Å². The van der Waals surface area contributed by atoms with Crippen LogP contribution in [-0.2, 0) is 14.3 Å². The first-order valence-corrected chi connectivity index (χ1v) is 8.58. The Kier molecular flexibility index (Phi) is 7.08. The number of esters is 1. The first kappa shape index (κ1) is 19.4. The van der Waals surface area contributed by atoms with Crippen molar-refractivity contribution in [3.8, 4) is 11.6 Å². The minimum atomic E-state index is -0.992. The zero-order chi connectivity index (χ0) is 18.9. The molecule has 7 heteroatoms. The number of amides is 1. The largest absolute Gasteiger partial charge is 0.478 e. The van der Waals surface area contributed by atoms with E-state index in [0.717, 1.165) is 18.5 Å². The molecule has 1 heterocycles. The van der Waals surface area contributed by atoms with Crippen molar-refractivity contribution >= 4 is 11.9 Å². The first-order chi connectivity index (χ1) is 12.5. The second-order valence-electron chi connectivity index (χ2n) is 5.87. The smallest absolute Gasteiger partial charge is 0.399 e. The normalized spacial score (nSPS) is 11.5. The molecule has 0 aliphatic carbocycles. The zero-order valence-corrected chi connectivity index (χ0v) is 15.2. The lowest BCUT2D eigenvalue weighted by Gasteiger charge is -2.13. The summed E-state index contributed by atoms with van der Waals surface area (Å²) in [7, 11) is 0. The molecule has 0 N–H and O–H groups in total. The van der Waals surface area contributed by atoms with E-state index in [2.05, 4.69) is 17.0 Å². The maximum atomic E-state index is 11.9. The third kappa shape index (κ3) is 5.54. The van der Waals surface area contributed by atoms with Gasteiger partial charge in [0.25, 0.3) is 0 Å². The van der Waals surface area contributed by atoms with Gasteiger partial charge in [-0.15, -0.1) is 0 Å². The lowest BCUT2D eigenvalue weighted by atomic mass is 10.3. The molecular weight excluding hydrogens is 334 g/mol. The molecule has 0 bridgehead atoms. The molecule has 1 aromatic heterocycles. The van der Waals surface area contributed by atoms with Crippen LogP contribution in [-0.4, -0.2) is 34.4 Å². The highest BCUT2D eigenvalue weighted by Gasteiger charge is 2.16. The molecule has 0 saturated heterocycles. The third-order valence-corrected chi connectivity index (χ3v) is 3.28. The molecule has 138 valence electrons. The summed E-state index contributed by atoms with van der Waals surface area (Å²) >= 11 is 0. The molecule has 0 aliphatic heterocycles. The van der Waals surface area contributed by atoms with Crippen molar-refractivity contribution in [2.45, 2.75) is 39.7 Å². The van der Waals surface area contributed by atoms with Crippen molar-refractivity contribution in [3.63, 3.8) is 0 Å². The molecule has 0 spiro atoms. The standard InChI is InChI=1S/C19H23N3O4/c1-4-5-11-25-17-12-15(21-18(23)19(24)26-14(2)3)13-20-22(17)16-9-7-6-8-10-16/h6-10,12-14H,4-5,11H2,1-3H3. The number of ether oxygens (including phenoxy) is 2. The molecule has 0 radical (unpaired) electrons. The molecule has 26 heavy (non-hydrogen) atoms. The predicted molar refractivity (Wildman–Crippen MR) is 95.8 cm³/mol. The second-order valence-corrected chi connectivity index (χ2v) is 5.87. The summed E-state index contributed by atoms with van der Waals surface area (Å²) in [5, 5.41) is 4.53. The number of para-hydroxylation sites is 1. The lowest BCUT2D eigenvalue weighted by molar-refractivity contribution is -0.156. The van der Waals surface area contributed by atoms with Crippen LogP contribution in [0.15, 0.2) is 47.6 Å². The monoisotopic (exact) mass is 357 g/mol. The SMILES string of the molecule is CCCCOc1cc(=NC(=O)C(=O)OC(C)C)cnn1-c1ccccc1. The summed E-state index contributed by atoms with van der Waals surface area (Å²) in [4.78, 5) is 27.2. The van der Waals surface area contributed by atoms with E-state index in [9.17, 15) is 9.59 Å². The highest BCUT2D eigenvalue weighted by atomic mass is 16.5. The molecular formula is C19H23N3O4. The van der Waals surface area contributed by atoms with Crippen LogP contribution in [0.5, 0.6) is 5.88 Å². The molecule has 0 fully saturated rings. The van der Waals surface area contributed by atoms with Gasteiger partial charge in [-0.2, -0.15) is 5.10 Å². The van der Waals surface area contributed by atoms with E-state index in [1.165, 1.54) is 6.20 Å². The molecule has 0 aliphatic rings. The lowest BCUT2D eigenvalue weighted by Crippen LogP contribution is -2.22. The highest BCUT2D eigenvalue weighted by molar-refractivity contribution is 6.32. The number of carbonyl (C=O) groups excluding carboxylic acids is 2. The Morgan fingerprint density at radius 1 is 1.23 bits per heavy atom. The predicted octanol–water partition coefficient (Wildman–Crippen LogP) is 2.43. The topological polar surface area (TPSA) is 82.8 Å². The minimum Gasteiger partial charge on any atom is -0.478 e. The van der Waals surface area contributed by atoms with Gasteiger partial charge >= 0.3 is 11.9 Å². The van der Waals surface area contributed by atoms with Crippen molar-refractivity contribution < 1.29 is 19.1 Å². The number of hydrogen-bond acceptors (Lipinski definition) is 5. The van der Waals surface area contributed by atoms with Gasteiger partial charge in [0, 0.05) is 6.07 Å². The maximum Gasteiger partial charge on any atom is 0.399 e. The zero-order valence-electron chi connectivity index (χ0n) is 15.2. The Hall–Kier alpha value is -2.96. The van der Waals surface area contributed by atoms with Crippen molar-refractivity contribution in [2.24, 2.45) is 4.99 Å². The summed E-state index contributed by atoms with van der Waals surface area (Å²) < 4.78 is 12.3. The number of hydrogen-bond donors (Lipinski definition) is 0. The van der Waals surface area contributed by atoms with Gasteiger partial charge in [-0.05, 0) is 32.4 Å². The Morgan fingerprint density at radius 3 is 2.62 bits per heavy atom. The fraction of sp³-hybridized carbons (Fsp3) is 0.368. The number of carbonyl (C=O) groups is 2. The van der Waals surface area contributed by atoms with Crippen molar-refractivity contribution in [1.29, 1.82) is 0 Å². The second kappa shape index (κ2) is 9.50. The number of aromatic nitrogens is 2. The summed E-state index contributed by atoms with van der Waals surface area (Å²) in [5.41, 5.74) is 0.816. The van der Waals surface area contributed by atoms with E-state index in [0.29, 0.717) is 12.5 Å². The van der Waals surface area contributed by atoms with Gasteiger partial charge in [0.05, 0.1) is 30.0 Å². The van der Waals surface area contributed by atoms with Gasteiger partial charge in [-0.25, -0.2) is 14.5 Å². The third-order valence-electron chi connectivity index (χ3n) is 3.28. The van der Waals surface area contributed by atoms with E-state index in [4.69, 9.17) is 9.47 Å².